The summed E-state index contributed by atoms with van der Waals surface area (Å²) < 4.78 is 0. The minimum absolute atomic E-state index is 0.108. The average molecular weight is 264 g/mol. The highest BCUT2D eigenvalue weighted by Gasteiger charge is 2.35. The number of rotatable bonds is 4. The second kappa shape index (κ2) is 6.05. The number of carbonyl (C=O) groups excluding carboxylic acids is 1. The highest BCUT2D eigenvalue weighted by molar-refractivity contribution is 8.00. The summed E-state index contributed by atoms with van der Waals surface area (Å²) in [7, 11) is 0. The third-order valence-corrected chi connectivity index (χ3v) is 4.55. The minimum atomic E-state index is -0.885. The number of carboxylic acids is 1. The van der Waals surface area contributed by atoms with E-state index in [1.54, 1.807) is 0 Å². The molecule has 1 aromatic carbocycles. The lowest BCUT2D eigenvalue weighted by Gasteiger charge is -2.25. The van der Waals surface area contributed by atoms with Crippen LogP contribution in [0.1, 0.15) is 25.7 Å². The number of aliphatic carboxylic acids is 1. The quantitative estimate of drug-likeness (QED) is 0.849. The van der Waals surface area contributed by atoms with Gasteiger partial charge in [0.25, 0.3) is 0 Å². The molecule has 2 unspecified atom stereocenters. The first-order valence-corrected chi connectivity index (χ1v) is 7.03. The summed E-state index contributed by atoms with van der Waals surface area (Å²) in [5.74, 6) is -1.11. The van der Waals surface area contributed by atoms with Crippen LogP contribution in [0.15, 0.2) is 35.2 Å². The third kappa shape index (κ3) is 3.13. The molecule has 1 fully saturated rings. The van der Waals surface area contributed by atoms with Crippen LogP contribution in [0.2, 0.25) is 0 Å². The van der Waals surface area contributed by atoms with E-state index in [9.17, 15) is 14.7 Å². The largest absolute Gasteiger partial charge is 0.480 e. The molecule has 2 rings (SSSR count). The molecule has 0 heterocycles. The summed E-state index contributed by atoms with van der Waals surface area (Å²) in [4.78, 5) is 24.1. The first kappa shape index (κ1) is 13.1. The van der Waals surface area contributed by atoms with Crippen LogP contribution in [0, 0.1) is 5.92 Å². The number of thioether (sulfide) groups is 1. The molecule has 0 aromatic heterocycles. The van der Waals surface area contributed by atoms with Crippen molar-refractivity contribution in [2.45, 2.75) is 35.8 Å². The molecule has 0 saturated heterocycles. The Bertz CT molecular complexity index is 430. The van der Waals surface area contributed by atoms with Crippen molar-refractivity contribution in [2.75, 3.05) is 0 Å². The van der Waals surface area contributed by atoms with Gasteiger partial charge in [-0.3, -0.25) is 9.59 Å². The topological polar surface area (TPSA) is 54.4 Å². The van der Waals surface area contributed by atoms with Gasteiger partial charge < -0.3 is 5.11 Å². The molecule has 0 spiro atoms. The molecule has 1 aromatic rings. The Labute approximate surface area is 111 Å². The lowest BCUT2D eigenvalue weighted by molar-refractivity contribution is -0.140. The van der Waals surface area contributed by atoms with E-state index in [1.807, 2.05) is 30.3 Å². The highest BCUT2D eigenvalue weighted by Crippen LogP contribution is 2.34. The maximum atomic E-state index is 11.9. The predicted octanol–water partition coefficient (Wildman–Crippen LogP) is 2.99. The molecule has 0 bridgehead atoms. The zero-order chi connectivity index (χ0) is 13.0. The van der Waals surface area contributed by atoms with E-state index >= 15 is 0 Å². The number of ketones is 1. The van der Waals surface area contributed by atoms with Gasteiger partial charge in [0.05, 0.1) is 0 Å². The van der Waals surface area contributed by atoms with E-state index < -0.39 is 11.2 Å². The van der Waals surface area contributed by atoms with Crippen LogP contribution < -0.4 is 0 Å². The van der Waals surface area contributed by atoms with Crippen molar-refractivity contribution in [2.24, 2.45) is 5.92 Å². The summed E-state index contributed by atoms with van der Waals surface area (Å²) in [6.07, 6.45) is 3.09. The standard InChI is InChI=1S/C14H16O3S/c15-12-9-5-4-8-11(12)13(14(16)17)18-10-6-2-1-3-7-10/h1-3,6-7,11,13H,4-5,8-9H2,(H,16,17). The normalized spacial score (nSPS) is 21.6. The van der Waals surface area contributed by atoms with Gasteiger partial charge in [-0.1, -0.05) is 24.6 Å². The van der Waals surface area contributed by atoms with Crippen LogP contribution in [-0.4, -0.2) is 22.1 Å². The Morgan fingerprint density at radius 2 is 2.00 bits per heavy atom. The first-order valence-electron chi connectivity index (χ1n) is 6.15. The Hall–Kier alpha value is -1.29. The second-order valence-corrected chi connectivity index (χ2v) is 5.72. The number of carbonyl (C=O) groups is 2. The van der Waals surface area contributed by atoms with Crippen molar-refractivity contribution >= 4 is 23.5 Å². The summed E-state index contributed by atoms with van der Waals surface area (Å²) >= 11 is 1.29. The van der Waals surface area contributed by atoms with Crippen LogP contribution in [-0.2, 0) is 9.59 Å². The van der Waals surface area contributed by atoms with E-state index in [0.717, 1.165) is 17.7 Å². The lowest BCUT2D eigenvalue weighted by Crippen LogP contribution is -2.34. The zero-order valence-electron chi connectivity index (χ0n) is 10.0. The van der Waals surface area contributed by atoms with Crippen molar-refractivity contribution in [1.82, 2.24) is 0 Å². The van der Waals surface area contributed by atoms with E-state index in [-0.39, 0.29) is 11.7 Å². The van der Waals surface area contributed by atoms with Crippen molar-refractivity contribution in [1.29, 1.82) is 0 Å². The SMILES string of the molecule is O=C1CCCCC1C(Sc1ccccc1)C(=O)O. The van der Waals surface area contributed by atoms with Crippen LogP contribution in [0.25, 0.3) is 0 Å². The van der Waals surface area contributed by atoms with Gasteiger partial charge in [-0.2, -0.15) is 0 Å². The molecule has 0 radical (unpaired) electrons. The Balaban J connectivity index is 2.13. The number of carboxylic acid groups (broad SMARTS) is 1. The summed E-state index contributed by atoms with van der Waals surface area (Å²) in [6.45, 7) is 0. The molecule has 18 heavy (non-hydrogen) atoms. The number of hydrogen-bond donors (Lipinski definition) is 1. The molecule has 2 atom stereocenters. The van der Waals surface area contributed by atoms with Gasteiger partial charge in [0.1, 0.15) is 11.0 Å². The van der Waals surface area contributed by atoms with Gasteiger partial charge in [-0.05, 0) is 25.0 Å². The van der Waals surface area contributed by atoms with Gasteiger partial charge in [-0.25, -0.2) is 0 Å². The molecule has 4 heteroatoms. The molecular weight excluding hydrogens is 248 g/mol. The van der Waals surface area contributed by atoms with Crippen molar-refractivity contribution in [3.8, 4) is 0 Å². The van der Waals surface area contributed by atoms with Crippen LogP contribution in [0.3, 0.4) is 0 Å². The van der Waals surface area contributed by atoms with Gasteiger partial charge in [0.15, 0.2) is 0 Å². The average Bonchev–Trinajstić information content (AvgIpc) is 2.38. The van der Waals surface area contributed by atoms with Gasteiger partial charge in [0.2, 0.25) is 0 Å². The van der Waals surface area contributed by atoms with E-state index in [1.165, 1.54) is 11.8 Å². The molecule has 3 nitrogen and oxygen atoms in total. The first-order chi connectivity index (χ1) is 8.68. The summed E-state index contributed by atoms with van der Waals surface area (Å²) in [5, 5.41) is 8.68. The van der Waals surface area contributed by atoms with Crippen LogP contribution in [0.5, 0.6) is 0 Å². The van der Waals surface area contributed by atoms with Gasteiger partial charge in [-0.15, -0.1) is 11.8 Å². The van der Waals surface area contributed by atoms with E-state index in [2.05, 4.69) is 0 Å². The molecule has 1 aliphatic rings. The number of Topliss-reactive ketones (excluding diaryl/α,β-unsaturated/α-hetero) is 1. The molecule has 96 valence electrons. The van der Waals surface area contributed by atoms with Gasteiger partial charge in [0, 0.05) is 17.2 Å². The van der Waals surface area contributed by atoms with Crippen molar-refractivity contribution in [3.05, 3.63) is 30.3 Å². The van der Waals surface area contributed by atoms with Gasteiger partial charge >= 0.3 is 5.97 Å². The highest BCUT2D eigenvalue weighted by atomic mass is 32.2. The lowest BCUT2D eigenvalue weighted by atomic mass is 9.85. The maximum absolute atomic E-state index is 11.9. The number of hydrogen-bond acceptors (Lipinski definition) is 3. The van der Waals surface area contributed by atoms with E-state index in [4.69, 9.17) is 0 Å². The zero-order valence-corrected chi connectivity index (χ0v) is 10.9. The molecule has 1 N–H and O–H groups in total. The van der Waals surface area contributed by atoms with Crippen molar-refractivity contribution < 1.29 is 14.7 Å². The second-order valence-electron chi connectivity index (χ2n) is 4.51. The molecule has 0 amide bonds. The fraction of sp³-hybridized carbons (Fsp3) is 0.429. The smallest absolute Gasteiger partial charge is 0.317 e. The fourth-order valence-corrected chi connectivity index (χ4v) is 3.44. The fourth-order valence-electron chi connectivity index (χ4n) is 2.28. The number of benzene rings is 1. The predicted molar refractivity (Wildman–Crippen MR) is 70.7 cm³/mol. The Morgan fingerprint density at radius 1 is 1.28 bits per heavy atom. The molecule has 0 aliphatic heterocycles. The Kier molecular flexibility index (Phi) is 4.42. The molecule has 1 saturated carbocycles. The molecular formula is C14H16O3S. The maximum Gasteiger partial charge on any atom is 0.317 e. The monoisotopic (exact) mass is 264 g/mol. The van der Waals surface area contributed by atoms with Crippen molar-refractivity contribution in [3.63, 3.8) is 0 Å². The minimum Gasteiger partial charge on any atom is -0.480 e. The third-order valence-electron chi connectivity index (χ3n) is 3.22. The summed E-state index contributed by atoms with van der Waals surface area (Å²) in [5.41, 5.74) is 0. The van der Waals surface area contributed by atoms with Crippen LogP contribution >= 0.6 is 11.8 Å². The summed E-state index contributed by atoms with van der Waals surface area (Å²) in [6, 6.07) is 9.42. The molecule has 1 aliphatic carbocycles. The Morgan fingerprint density at radius 3 is 2.61 bits per heavy atom. The van der Waals surface area contributed by atoms with E-state index in [0.29, 0.717) is 12.8 Å². The van der Waals surface area contributed by atoms with Crippen LogP contribution in [0.4, 0.5) is 0 Å².